The summed E-state index contributed by atoms with van der Waals surface area (Å²) in [5, 5.41) is 13.4. The van der Waals surface area contributed by atoms with E-state index in [-0.39, 0.29) is 30.7 Å². The van der Waals surface area contributed by atoms with Gasteiger partial charge in [-0.2, -0.15) is 0 Å². The molecule has 0 spiro atoms. The van der Waals surface area contributed by atoms with Crippen LogP contribution >= 0.6 is 0 Å². The summed E-state index contributed by atoms with van der Waals surface area (Å²) in [6.07, 6.45) is 4.05. The van der Waals surface area contributed by atoms with Crippen LogP contribution in [0.25, 0.3) is 22.2 Å². The van der Waals surface area contributed by atoms with E-state index in [0.717, 1.165) is 65.7 Å². The summed E-state index contributed by atoms with van der Waals surface area (Å²) in [4.78, 5) is 31.0. The molecule has 2 aliphatic rings. The number of rotatable bonds is 6. The molecule has 40 heavy (non-hydrogen) atoms. The number of imidazole rings is 1. The minimum absolute atomic E-state index is 0.0671. The van der Waals surface area contributed by atoms with Gasteiger partial charge >= 0.3 is 5.97 Å². The molecule has 6 rings (SSSR count). The average molecular weight is 549 g/mol. The van der Waals surface area contributed by atoms with Crippen LogP contribution in [0.5, 0.6) is 0 Å². The van der Waals surface area contributed by atoms with Crippen molar-refractivity contribution in [1.82, 2.24) is 14.7 Å². The molecule has 1 amide bonds. The maximum absolute atomic E-state index is 14.2. The van der Waals surface area contributed by atoms with Crippen molar-refractivity contribution in [2.24, 2.45) is 5.92 Å². The molecule has 8 nitrogen and oxygen atoms in total. The summed E-state index contributed by atoms with van der Waals surface area (Å²) < 4.78 is 35.5. The summed E-state index contributed by atoms with van der Waals surface area (Å²) >= 11 is 0. The molecule has 1 atom stereocenters. The van der Waals surface area contributed by atoms with Crippen molar-refractivity contribution in [3.05, 3.63) is 65.3 Å². The number of aliphatic carboxylic acids is 1. The van der Waals surface area contributed by atoms with Crippen LogP contribution in [0.3, 0.4) is 0 Å². The molecule has 1 aliphatic heterocycles. The predicted octanol–water partition coefficient (Wildman–Crippen LogP) is 6.66. The second kappa shape index (κ2) is 10.1. The third-order valence-electron chi connectivity index (χ3n) is 8.37. The predicted molar refractivity (Wildman–Crippen MR) is 144 cm³/mol. The van der Waals surface area contributed by atoms with Crippen molar-refractivity contribution in [2.45, 2.75) is 70.9 Å². The second-order valence-corrected chi connectivity index (χ2v) is 10.9. The Morgan fingerprint density at radius 1 is 1.05 bits per heavy atom. The SMILES string of the molecule is Cc1noc(C)c1-c1ccc2c(c1)nc(C1CCC(=O)N1c1ccc(F)c(F)c1)n2C1CCC(CC(=O)O)CC1. The van der Waals surface area contributed by atoms with Crippen molar-refractivity contribution in [2.75, 3.05) is 4.90 Å². The number of carbonyl (C=O) groups is 2. The fourth-order valence-corrected chi connectivity index (χ4v) is 6.53. The van der Waals surface area contributed by atoms with Crippen LogP contribution in [0.4, 0.5) is 14.5 Å². The van der Waals surface area contributed by atoms with Crippen LogP contribution in [0.1, 0.15) is 74.3 Å². The summed E-state index contributed by atoms with van der Waals surface area (Å²) in [5.41, 5.74) is 4.57. The fourth-order valence-electron chi connectivity index (χ4n) is 6.53. The number of amides is 1. The first-order chi connectivity index (χ1) is 19.2. The number of anilines is 1. The van der Waals surface area contributed by atoms with E-state index in [1.807, 2.05) is 32.0 Å². The van der Waals surface area contributed by atoms with Crippen molar-refractivity contribution in [1.29, 1.82) is 0 Å². The van der Waals surface area contributed by atoms with Gasteiger partial charge < -0.3 is 19.1 Å². The van der Waals surface area contributed by atoms with E-state index in [2.05, 4.69) is 9.72 Å². The van der Waals surface area contributed by atoms with E-state index in [1.165, 1.54) is 11.0 Å². The van der Waals surface area contributed by atoms with Gasteiger partial charge in [-0.25, -0.2) is 13.8 Å². The smallest absolute Gasteiger partial charge is 0.303 e. The van der Waals surface area contributed by atoms with E-state index in [1.54, 1.807) is 0 Å². The molecular weight excluding hydrogens is 518 g/mol. The number of hydrogen-bond acceptors (Lipinski definition) is 5. The van der Waals surface area contributed by atoms with Crippen molar-refractivity contribution >= 4 is 28.6 Å². The molecular formula is C30H30F2N4O4. The highest BCUT2D eigenvalue weighted by Gasteiger charge is 2.39. The molecule has 1 saturated heterocycles. The molecule has 1 aliphatic carbocycles. The summed E-state index contributed by atoms with van der Waals surface area (Å²) in [5.74, 6) is -1.39. The van der Waals surface area contributed by atoms with Gasteiger partial charge in [0.1, 0.15) is 11.6 Å². The number of aromatic nitrogens is 3. The van der Waals surface area contributed by atoms with Gasteiger partial charge in [-0.05, 0) is 81.7 Å². The van der Waals surface area contributed by atoms with E-state index >= 15 is 0 Å². The quantitative estimate of drug-likeness (QED) is 0.289. The number of aryl methyl sites for hydroxylation is 2. The lowest BCUT2D eigenvalue weighted by molar-refractivity contribution is -0.138. The zero-order chi connectivity index (χ0) is 28.1. The highest BCUT2D eigenvalue weighted by molar-refractivity contribution is 5.96. The lowest BCUT2D eigenvalue weighted by Gasteiger charge is -2.32. The van der Waals surface area contributed by atoms with E-state index < -0.39 is 23.6 Å². The van der Waals surface area contributed by atoms with E-state index in [9.17, 15) is 23.5 Å². The zero-order valence-corrected chi connectivity index (χ0v) is 22.4. The Morgan fingerprint density at radius 2 is 1.82 bits per heavy atom. The number of hydrogen-bond donors (Lipinski definition) is 1. The molecule has 0 bridgehead atoms. The largest absolute Gasteiger partial charge is 0.481 e. The lowest BCUT2D eigenvalue weighted by Crippen LogP contribution is -2.30. The van der Waals surface area contributed by atoms with Crippen molar-refractivity contribution in [3.63, 3.8) is 0 Å². The Labute approximate surface area is 229 Å². The van der Waals surface area contributed by atoms with Gasteiger partial charge in [-0.1, -0.05) is 11.2 Å². The summed E-state index contributed by atoms with van der Waals surface area (Å²) in [6, 6.07) is 9.17. The second-order valence-electron chi connectivity index (χ2n) is 10.9. The Bertz CT molecular complexity index is 1600. The lowest BCUT2D eigenvalue weighted by atomic mass is 9.84. The molecule has 1 N–H and O–H groups in total. The number of fused-ring (bicyclic) bond motifs is 1. The van der Waals surface area contributed by atoms with Crippen LogP contribution in [-0.2, 0) is 9.59 Å². The third-order valence-corrected chi connectivity index (χ3v) is 8.37. The first-order valence-electron chi connectivity index (χ1n) is 13.6. The maximum Gasteiger partial charge on any atom is 0.303 e. The number of nitrogens with zero attached hydrogens (tertiary/aromatic N) is 4. The number of carboxylic acid groups (broad SMARTS) is 1. The number of carbonyl (C=O) groups excluding carboxylic acids is 1. The molecule has 10 heteroatoms. The molecule has 2 aromatic heterocycles. The van der Waals surface area contributed by atoms with Crippen LogP contribution in [0.2, 0.25) is 0 Å². The summed E-state index contributed by atoms with van der Waals surface area (Å²) in [7, 11) is 0. The average Bonchev–Trinajstić information content (AvgIpc) is 3.59. The first-order valence-corrected chi connectivity index (χ1v) is 13.6. The first kappa shape index (κ1) is 26.2. The molecule has 2 fully saturated rings. The Kier molecular flexibility index (Phi) is 6.64. The zero-order valence-electron chi connectivity index (χ0n) is 22.4. The van der Waals surface area contributed by atoms with Crippen molar-refractivity contribution < 1.29 is 28.0 Å². The normalized spacial score (nSPS) is 21.4. The highest BCUT2D eigenvalue weighted by atomic mass is 19.2. The maximum atomic E-state index is 14.2. The molecule has 1 unspecified atom stereocenters. The van der Waals surface area contributed by atoms with Crippen LogP contribution in [0, 0.1) is 31.4 Å². The van der Waals surface area contributed by atoms with E-state index in [4.69, 9.17) is 9.51 Å². The van der Waals surface area contributed by atoms with E-state index in [0.29, 0.717) is 23.7 Å². The van der Waals surface area contributed by atoms with Gasteiger partial charge in [0.2, 0.25) is 5.91 Å². The highest BCUT2D eigenvalue weighted by Crippen LogP contribution is 2.43. The molecule has 1 saturated carbocycles. The fraction of sp³-hybridized carbons (Fsp3) is 0.400. The molecule has 2 aromatic carbocycles. The monoisotopic (exact) mass is 548 g/mol. The molecule has 4 aromatic rings. The third kappa shape index (κ3) is 4.55. The van der Waals surface area contributed by atoms with Gasteiger partial charge in [0, 0.05) is 36.2 Å². The van der Waals surface area contributed by atoms with Crippen molar-refractivity contribution in [3.8, 4) is 11.1 Å². The van der Waals surface area contributed by atoms with Gasteiger partial charge in [0.25, 0.3) is 0 Å². The Morgan fingerprint density at radius 3 is 2.50 bits per heavy atom. The summed E-state index contributed by atoms with van der Waals surface area (Å²) in [6.45, 7) is 3.75. The molecule has 3 heterocycles. The van der Waals surface area contributed by atoms with Gasteiger partial charge in [0.15, 0.2) is 11.6 Å². The molecule has 0 radical (unpaired) electrons. The standard InChI is InChI=1S/C30H30F2N4O4/c1-16-29(17(2)40-34-16)19-5-10-25-24(14-19)33-30(36(25)20-6-3-18(4-7-20)13-28(38)39)26-11-12-27(37)35(26)21-8-9-22(31)23(32)15-21/h5,8-10,14-15,18,20,26H,3-4,6-7,11-13H2,1-2H3,(H,38,39). The minimum atomic E-state index is -1.01. The Balaban J connectivity index is 1.46. The minimum Gasteiger partial charge on any atom is -0.481 e. The number of carboxylic acids is 1. The van der Waals surface area contributed by atoms with Gasteiger partial charge in [-0.15, -0.1) is 0 Å². The number of benzene rings is 2. The molecule has 208 valence electrons. The van der Waals surface area contributed by atoms with Crippen LogP contribution < -0.4 is 4.90 Å². The van der Waals surface area contributed by atoms with Crippen LogP contribution in [0.15, 0.2) is 40.9 Å². The number of halogens is 2. The topological polar surface area (TPSA) is 101 Å². The Hall–Kier alpha value is -4.08. The van der Waals surface area contributed by atoms with Gasteiger partial charge in [-0.3, -0.25) is 9.59 Å². The van der Waals surface area contributed by atoms with Crippen LogP contribution in [-0.4, -0.2) is 31.7 Å². The van der Waals surface area contributed by atoms with Gasteiger partial charge in [0.05, 0.1) is 22.8 Å².